The molecule has 1 saturated carbocycles. The van der Waals surface area contributed by atoms with Gasteiger partial charge in [-0.2, -0.15) is 10.1 Å². The fourth-order valence-electron chi connectivity index (χ4n) is 3.71. The van der Waals surface area contributed by atoms with Crippen LogP contribution in [0.2, 0.25) is 0 Å². The summed E-state index contributed by atoms with van der Waals surface area (Å²) in [5, 5.41) is 11.3. The molecule has 8 heteroatoms. The van der Waals surface area contributed by atoms with Crippen molar-refractivity contribution >= 4 is 6.03 Å². The number of carbonyl (C=O) groups excluding carboxylic acids is 1. The molecule has 1 aliphatic carbocycles. The van der Waals surface area contributed by atoms with E-state index in [9.17, 15) is 4.79 Å². The van der Waals surface area contributed by atoms with E-state index in [2.05, 4.69) is 26.6 Å². The Morgan fingerprint density at radius 2 is 2.03 bits per heavy atom. The van der Waals surface area contributed by atoms with Gasteiger partial charge < -0.3 is 14.7 Å². The van der Waals surface area contributed by atoms with E-state index in [1.54, 1.807) is 18.1 Å². The number of urea groups is 1. The Kier molecular flexibility index (Phi) is 5.88. The highest BCUT2D eigenvalue weighted by Gasteiger charge is 2.23. The Morgan fingerprint density at radius 1 is 1.24 bits per heavy atom. The van der Waals surface area contributed by atoms with Crippen LogP contribution in [-0.4, -0.2) is 37.9 Å². The second-order valence-electron chi connectivity index (χ2n) is 7.52. The molecule has 0 bridgehead atoms. The van der Waals surface area contributed by atoms with Crippen molar-refractivity contribution in [3.63, 3.8) is 0 Å². The summed E-state index contributed by atoms with van der Waals surface area (Å²) in [6.45, 7) is 1.43. The van der Waals surface area contributed by atoms with Crippen LogP contribution in [0.5, 0.6) is 0 Å². The molecule has 0 radical (unpaired) electrons. The number of nitrogens with one attached hydrogen (secondary N) is 1. The molecule has 0 atom stereocenters. The number of rotatable bonds is 7. The lowest BCUT2D eigenvalue weighted by molar-refractivity contribution is 0.204. The van der Waals surface area contributed by atoms with Gasteiger partial charge in [0.05, 0.1) is 13.1 Å². The monoisotopic (exact) mass is 394 g/mol. The Bertz CT molecular complexity index is 930. The van der Waals surface area contributed by atoms with Crippen LogP contribution in [0.15, 0.2) is 47.2 Å². The van der Waals surface area contributed by atoms with Crippen LogP contribution < -0.4 is 5.32 Å². The first-order valence-electron chi connectivity index (χ1n) is 10.0. The molecule has 0 aliphatic heterocycles. The minimum Gasteiger partial charge on any atom is -0.339 e. The second-order valence-corrected chi connectivity index (χ2v) is 7.52. The number of hydrogen-bond donors (Lipinski definition) is 1. The van der Waals surface area contributed by atoms with Gasteiger partial charge in [0.25, 0.3) is 0 Å². The molecule has 1 aliphatic rings. The minimum atomic E-state index is -0.175. The third kappa shape index (κ3) is 4.82. The highest BCUT2D eigenvalue weighted by Crippen LogP contribution is 2.32. The van der Waals surface area contributed by atoms with E-state index in [1.807, 2.05) is 35.1 Å². The van der Waals surface area contributed by atoms with Crippen molar-refractivity contribution in [3.05, 3.63) is 65.6 Å². The molecule has 8 nitrogen and oxygen atoms in total. The standard InChI is InChI=1S/C21H26N6O2/c1-26(15-19-24-20(29-25-19)16-7-2-3-8-16)21(28)22-13-17-9-4-5-10-18(17)14-27-12-6-11-23-27/h4-6,9-12,16H,2-3,7-8,13-15H2,1H3,(H,22,28). The predicted molar refractivity (Wildman–Crippen MR) is 107 cm³/mol. The summed E-state index contributed by atoms with van der Waals surface area (Å²) in [7, 11) is 1.73. The lowest BCUT2D eigenvalue weighted by Gasteiger charge is -2.17. The van der Waals surface area contributed by atoms with Gasteiger partial charge in [-0.1, -0.05) is 42.3 Å². The second kappa shape index (κ2) is 8.89. The zero-order valence-corrected chi connectivity index (χ0v) is 16.6. The lowest BCUT2D eigenvalue weighted by Crippen LogP contribution is -2.36. The van der Waals surface area contributed by atoms with E-state index < -0.39 is 0 Å². The zero-order valence-electron chi connectivity index (χ0n) is 16.6. The first-order chi connectivity index (χ1) is 14.2. The number of nitrogens with zero attached hydrogens (tertiary/aromatic N) is 5. The van der Waals surface area contributed by atoms with E-state index >= 15 is 0 Å². The number of aromatic nitrogens is 4. The van der Waals surface area contributed by atoms with Crippen molar-refractivity contribution in [2.75, 3.05) is 7.05 Å². The van der Waals surface area contributed by atoms with Crippen LogP contribution in [0.4, 0.5) is 4.79 Å². The summed E-state index contributed by atoms with van der Waals surface area (Å²) in [4.78, 5) is 18.6. The van der Waals surface area contributed by atoms with E-state index in [0.29, 0.717) is 37.3 Å². The molecule has 1 aromatic carbocycles. The van der Waals surface area contributed by atoms with Crippen molar-refractivity contribution < 1.29 is 9.32 Å². The summed E-state index contributed by atoms with van der Waals surface area (Å²) < 4.78 is 7.26. The molecule has 2 heterocycles. The van der Waals surface area contributed by atoms with Crippen LogP contribution in [0.1, 0.15) is 54.4 Å². The Morgan fingerprint density at radius 3 is 2.79 bits per heavy atom. The molecular formula is C21H26N6O2. The van der Waals surface area contributed by atoms with Crippen LogP contribution in [-0.2, 0) is 19.6 Å². The van der Waals surface area contributed by atoms with Gasteiger partial charge in [0.15, 0.2) is 5.82 Å². The third-order valence-electron chi connectivity index (χ3n) is 5.35. The number of hydrogen-bond acceptors (Lipinski definition) is 5. The fourth-order valence-corrected chi connectivity index (χ4v) is 3.71. The first-order valence-corrected chi connectivity index (χ1v) is 10.0. The van der Waals surface area contributed by atoms with Crippen molar-refractivity contribution in [1.82, 2.24) is 30.1 Å². The zero-order chi connectivity index (χ0) is 20.1. The molecule has 1 fully saturated rings. The number of amides is 2. The van der Waals surface area contributed by atoms with Gasteiger partial charge in [0.1, 0.15) is 0 Å². The summed E-state index contributed by atoms with van der Waals surface area (Å²) in [6, 6.07) is 9.76. The molecule has 2 amide bonds. The Labute approximate surface area is 169 Å². The number of benzene rings is 1. The van der Waals surface area contributed by atoms with Crippen molar-refractivity contribution in [2.24, 2.45) is 0 Å². The van der Waals surface area contributed by atoms with Crippen molar-refractivity contribution in [3.8, 4) is 0 Å². The normalized spacial score (nSPS) is 14.2. The number of carbonyl (C=O) groups is 1. The van der Waals surface area contributed by atoms with Gasteiger partial charge in [0.2, 0.25) is 5.89 Å². The highest BCUT2D eigenvalue weighted by molar-refractivity contribution is 5.73. The molecule has 29 heavy (non-hydrogen) atoms. The minimum absolute atomic E-state index is 0.175. The molecule has 152 valence electrons. The first kappa shape index (κ1) is 19.2. The van der Waals surface area contributed by atoms with Gasteiger partial charge in [0, 0.05) is 31.9 Å². The molecule has 2 aromatic heterocycles. The van der Waals surface area contributed by atoms with E-state index in [-0.39, 0.29) is 6.03 Å². The molecule has 0 unspecified atom stereocenters. The average molecular weight is 394 g/mol. The maximum atomic E-state index is 12.5. The van der Waals surface area contributed by atoms with Gasteiger partial charge in [-0.05, 0) is 30.0 Å². The highest BCUT2D eigenvalue weighted by atomic mass is 16.5. The molecule has 0 spiro atoms. The van der Waals surface area contributed by atoms with Crippen molar-refractivity contribution in [1.29, 1.82) is 0 Å². The predicted octanol–water partition coefficient (Wildman–Crippen LogP) is 3.31. The SMILES string of the molecule is CN(Cc1noc(C2CCCC2)n1)C(=O)NCc1ccccc1Cn1cccn1. The maximum Gasteiger partial charge on any atom is 0.317 e. The topological polar surface area (TPSA) is 89.1 Å². The molecule has 1 N–H and O–H groups in total. The van der Waals surface area contributed by atoms with Crippen LogP contribution in [0.3, 0.4) is 0 Å². The summed E-state index contributed by atoms with van der Waals surface area (Å²) in [6.07, 6.45) is 8.33. The van der Waals surface area contributed by atoms with Crippen LogP contribution in [0.25, 0.3) is 0 Å². The van der Waals surface area contributed by atoms with Gasteiger partial charge in [-0.3, -0.25) is 4.68 Å². The van der Waals surface area contributed by atoms with E-state index in [4.69, 9.17) is 4.52 Å². The summed E-state index contributed by atoms with van der Waals surface area (Å²) in [5.74, 6) is 1.63. The van der Waals surface area contributed by atoms with Gasteiger partial charge >= 0.3 is 6.03 Å². The molecule has 3 aromatic rings. The average Bonchev–Trinajstić information content (AvgIpc) is 3.49. The van der Waals surface area contributed by atoms with E-state index in [1.165, 1.54) is 12.8 Å². The fraction of sp³-hybridized carbons (Fsp3) is 0.429. The summed E-state index contributed by atoms with van der Waals surface area (Å²) in [5.41, 5.74) is 2.19. The van der Waals surface area contributed by atoms with Gasteiger partial charge in [-0.15, -0.1) is 0 Å². The lowest BCUT2D eigenvalue weighted by atomic mass is 10.1. The smallest absolute Gasteiger partial charge is 0.317 e. The largest absolute Gasteiger partial charge is 0.339 e. The van der Waals surface area contributed by atoms with Crippen molar-refractivity contribution in [2.45, 2.75) is 51.2 Å². The quantitative estimate of drug-likeness (QED) is 0.664. The third-order valence-corrected chi connectivity index (χ3v) is 5.35. The van der Waals surface area contributed by atoms with Gasteiger partial charge in [-0.25, -0.2) is 4.79 Å². The molecular weight excluding hydrogens is 368 g/mol. The van der Waals surface area contributed by atoms with E-state index in [0.717, 1.165) is 24.0 Å². The Balaban J connectivity index is 1.31. The summed E-state index contributed by atoms with van der Waals surface area (Å²) >= 11 is 0. The maximum absolute atomic E-state index is 12.5. The Hall–Kier alpha value is -3.16. The molecule has 0 saturated heterocycles. The van der Waals surface area contributed by atoms with Crippen LogP contribution >= 0.6 is 0 Å². The van der Waals surface area contributed by atoms with Crippen LogP contribution in [0, 0.1) is 0 Å². The molecule has 4 rings (SSSR count).